The van der Waals surface area contributed by atoms with Gasteiger partial charge in [0.2, 0.25) is 5.91 Å². The Labute approximate surface area is 213 Å². The number of hydrogen-bond donors (Lipinski definition) is 3. The molecule has 0 heterocycles. The Morgan fingerprint density at radius 3 is 2.19 bits per heavy atom. The summed E-state index contributed by atoms with van der Waals surface area (Å²) in [6.45, 7) is 5.36. The van der Waals surface area contributed by atoms with Gasteiger partial charge in [0, 0.05) is 11.6 Å². The monoisotopic (exact) mass is 495 g/mol. The lowest BCUT2D eigenvalue weighted by Crippen LogP contribution is -2.52. The molecule has 0 bridgehead atoms. The largest absolute Gasteiger partial charge is 0.495 e. The highest BCUT2D eigenvalue weighted by Crippen LogP contribution is 2.36. The maximum absolute atomic E-state index is 12.7. The summed E-state index contributed by atoms with van der Waals surface area (Å²) >= 11 is 0. The van der Waals surface area contributed by atoms with Crippen molar-refractivity contribution in [1.29, 1.82) is 0 Å². The van der Waals surface area contributed by atoms with Crippen LogP contribution in [0.4, 0.5) is 16.2 Å². The summed E-state index contributed by atoms with van der Waals surface area (Å²) in [6.07, 6.45) is 4.15. The number of anilines is 2. The molecule has 1 saturated carbocycles. The molecule has 8 nitrogen and oxygen atoms in total. The lowest BCUT2D eigenvalue weighted by Gasteiger charge is -2.31. The van der Waals surface area contributed by atoms with Gasteiger partial charge in [0.15, 0.2) is 0 Å². The number of carbonyl (C=O) groups excluding carboxylic acids is 3. The molecule has 194 valence electrons. The molecule has 2 aromatic carbocycles. The predicted molar refractivity (Wildman–Crippen MR) is 140 cm³/mol. The maximum Gasteiger partial charge on any atom is 0.330 e. The summed E-state index contributed by atoms with van der Waals surface area (Å²) in [5, 5.41) is 8.55. The van der Waals surface area contributed by atoms with Crippen LogP contribution < -0.4 is 20.7 Å². The predicted octanol–water partition coefficient (Wildman–Crippen LogP) is 5.24. The van der Waals surface area contributed by atoms with Crippen LogP contribution in [0.1, 0.15) is 63.5 Å². The minimum atomic E-state index is -1.04. The third-order valence-corrected chi connectivity index (χ3v) is 6.79. The molecule has 3 N–H and O–H groups in total. The van der Waals surface area contributed by atoms with E-state index in [1.54, 1.807) is 21.0 Å². The van der Waals surface area contributed by atoms with E-state index in [1.807, 2.05) is 42.5 Å². The number of methoxy groups -OCH3 is 2. The highest BCUT2D eigenvalue weighted by Gasteiger charge is 2.34. The van der Waals surface area contributed by atoms with Crippen LogP contribution in [0.25, 0.3) is 0 Å². The van der Waals surface area contributed by atoms with E-state index in [9.17, 15) is 14.4 Å². The van der Waals surface area contributed by atoms with Crippen molar-refractivity contribution in [3.8, 4) is 5.75 Å². The molecule has 0 spiro atoms. The van der Waals surface area contributed by atoms with Crippen molar-refractivity contribution >= 4 is 29.3 Å². The number of amides is 3. The van der Waals surface area contributed by atoms with Crippen molar-refractivity contribution in [3.05, 3.63) is 53.6 Å². The van der Waals surface area contributed by atoms with Crippen molar-refractivity contribution < 1.29 is 23.9 Å². The van der Waals surface area contributed by atoms with E-state index in [4.69, 9.17) is 9.47 Å². The fourth-order valence-corrected chi connectivity index (χ4v) is 4.60. The van der Waals surface area contributed by atoms with Gasteiger partial charge < -0.3 is 25.4 Å². The first-order valence-corrected chi connectivity index (χ1v) is 12.4. The molecule has 0 radical (unpaired) electrons. The summed E-state index contributed by atoms with van der Waals surface area (Å²) in [5.74, 6) is 0.288. The third kappa shape index (κ3) is 6.77. The van der Waals surface area contributed by atoms with Crippen LogP contribution >= 0.6 is 0 Å². The van der Waals surface area contributed by atoms with Crippen LogP contribution in [0.5, 0.6) is 5.75 Å². The van der Waals surface area contributed by atoms with Crippen LogP contribution in [0, 0.1) is 5.92 Å². The third-order valence-electron chi connectivity index (χ3n) is 6.79. The minimum absolute atomic E-state index is 0.101. The van der Waals surface area contributed by atoms with Gasteiger partial charge in [-0.25, -0.2) is 9.59 Å². The number of benzene rings is 2. The highest BCUT2D eigenvalue weighted by atomic mass is 16.5. The standard InChI is InChI=1S/C28H37N3O5/c1-6-18-7-16-24(35-4)23(17-18)30-27(34)29-22-14-12-20(13-15-22)19-8-10-21(11-9-19)25(32)31-28(2,3)26(33)36-5/h7,12-17,19,21H,6,8-11H2,1-5H3,(H,31,32)(H2,29,30,34). The first-order chi connectivity index (χ1) is 17.2. The van der Waals surface area contributed by atoms with Crippen molar-refractivity contribution in [2.45, 2.75) is 64.3 Å². The number of hydrogen-bond acceptors (Lipinski definition) is 5. The van der Waals surface area contributed by atoms with Crippen LogP contribution in [-0.4, -0.2) is 37.7 Å². The van der Waals surface area contributed by atoms with Crippen molar-refractivity contribution in [2.75, 3.05) is 24.9 Å². The fourth-order valence-electron chi connectivity index (χ4n) is 4.60. The molecule has 36 heavy (non-hydrogen) atoms. The van der Waals surface area contributed by atoms with Gasteiger partial charge in [-0.15, -0.1) is 0 Å². The Balaban J connectivity index is 1.52. The van der Waals surface area contributed by atoms with Crippen molar-refractivity contribution in [1.82, 2.24) is 5.32 Å². The van der Waals surface area contributed by atoms with Gasteiger partial charge >= 0.3 is 12.0 Å². The number of urea groups is 1. The summed E-state index contributed by atoms with van der Waals surface area (Å²) in [5.41, 5.74) is 2.57. The van der Waals surface area contributed by atoms with E-state index in [0.29, 0.717) is 23.0 Å². The molecular weight excluding hydrogens is 458 g/mol. The van der Waals surface area contributed by atoms with E-state index in [2.05, 4.69) is 22.9 Å². The fraction of sp³-hybridized carbons (Fsp3) is 0.464. The molecule has 0 aliphatic heterocycles. The van der Waals surface area contributed by atoms with Crippen molar-refractivity contribution in [2.24, 2.45) is 5.92 Å². The maximum atomic E-state index is 12.7. The highest BCUT2D eigenvalue weighted by molar-refractivity contribution is 6.00. The number of nitrogens with one attached hydrogen (secondary N) is 3. The molecule has 1 fully saturated rings. The normalized spacial score (nSPS) is 17.6. The lowest BCUT2D eigenvalue weighted by molar-refractivity contribution is -0.150. The topological polar surface area (TPSA) is 106 Å². The van der Waals surface area contributed by atoms with E-state index in [-0.39, 0.29) is 17.9 Å². The Bertz CT molecular complexity index is 1070. The average molecular weight is 496 g/mol. The molecule has 0 atom stereocenters. The van der Waals surface area contributed by atoms with Crippen molar-refractivity contribution in [3.63, 3.8) is 0 Å². The van der Waals surface area contributed by atoms with Gasteiger partial charge in [0.1, 0.15) is 11.3 Å². The Kier molecular flexibility index (Phi) is 8.96. The zero-order valence-electron chi connectivity index (χ0n) is 21.8. The second-order valence-corrected chi connectivity index (χ2v) is 9.74. The molecule has 3 amide bonds. The van der Waals surface area contributed by atoms with E-state index >= 15 is 0 Å². The van der Waals surface area contributed by atoms with Gasteiger partial charge in [0.25, 0.3) is 0 Å². The number of ether oxygens (including phenoxy) is 2. The number of rotatable bonds is 8. The van der Waals surface area contributed by atoms with Crippen LogP contribution in [-0.2, 0) is 20.7 Å². The molecular formula is C28H37N3O5. The Morgan fingerprint density at radius 2 is 1.61 bits per heavy atom. The summed E-state index contributed by atoms with van der Waals surface area (Å²) in [7, 11) is 2.89. The van der Waals surface area contributed by atoms with Crippen LogP contribution in [0.15, 0.2) is 42.5 Å². The first-order valence-electron chi connectivity index (χ1n) is 12.4. The summed E-state index contributed by atoms with van der Waals surface area (Å²) in [4.78, 5) is 37.1. The molecule has 8 heteroatoms. The molecule has 0 aromatic heterocycles. The van der Waals surface area contributed by atoms with Gasteiger partial charge in [0.05, 0.1) is 19.9 Å². The van der Waals surface area contributed by atoms with Gasteiger partial charge in [-0.05, 0) is 87.3 Å². The zero-order valence-corrected chi connectivity index (χ0v) is 21.8. The summed E-state index contributed by atoms with van der Waals surface area (Å²) < 4.78 is 10.1. The first kappa shape index (κ1) is 27.0. The molecule has 1 aliphatic rings. The minimum Gasteiger partial charge on any atom is -0.495 e. The molecule has 2 aromatic rings. The molecule has 1 aliphatic carbocycles. The second-order valence-electron chi connectivity index (χ2n) is 9.74. The van der Waals surface area contributed by atoms with Crippen LogP contribution in [0.2, 0.25) is 0 Å². The lowest BCUT2D eigenvalue weighted by atomic mass is 9.78. The number of esters is 1. The number of carbonyl (C=O) groups is 3. The smallest absolute Gasteiger partial charge is 0.330 e. The van der Waals surface area contributed by atoms with E-state index in [0.717, 1.165) is 37.7 Å². The molecule has 0 saturated heterocycles. The SMILES string of the molecule is CCc1ccc(OC)c(NC(=O)Nc2ccc(C3CCC(C(=O)NC(C)(C)C(=O)OC)CC3)cc2)c1. The zero-order chi connectivity index (χ0) is 26.3. The van der Waals surface area contributed by atoms with Crippen LogP contribution in [0.3, 0.4) is 0 Å². The number of aryl methyl sites for hydroxylation is 1. The Hall–Kier alpha value is -3.55. The molecule has 3 rings (SSSR count). The second kappa shape index (κ2) is 11.9. The molecule has 0 unspecified atom stereocenters. The van der Waals surface area contributed by atoms with Gasteiger partial charge in [-0.2, -0.15) is 0 Å². The van der Waals surface area contributed by atoms with Gasteiger partial charge in [-0.1, -0.05) is 25.1 Å². The van der Waals surface area contributed by atoms with E-state index < -0.39 is 11.5 Å². The quantitative estimate of drug-likeness (QED) is 0.434. The summed E-state index contributed by atoms with van der Waals surface area (Å²) in [6, 6.07) is 13.2. The van der Waals surface area contributed by atoms with E-state index in [1.165, 1.54) is 12.7 Å². The van der Waals surface area contributed by atoms with Gasteiger partial charge in [-0.3, -0.25) is 4.79 Å². The average Bonchev–Trinajstić information content (AvgIpc) is 2.88. The Morgan fingerprint density at radius 1 is 0.944 bits per heavy atom.